The number of hydrogen-bond donors (Lipinski definition) is 1. The van der Waals surface area contributed by atoms with Crippen LogP contribution in [0.1, 0.15) is 39.1 Å². The molecule has 0 aliphatic carbocycles. The number of likely N-dealkylation sites (tertiary alicyclic amines) is 1. The lowest BCUT2D eigenvalue weighted by atomic mass is 9.83. The highest BCUT2D eigenvalue weighted by atomic mass is 35.5. The molecule has 8 heteroatoms. The van der Waals surface area contributed by atoms with Crippen LogP contribution in [0.3, 0.4) is 0 Å². The number of H-pyrrole nitrogens is 1. The van der Waals surface area contributed by atoms with Crippen LogP contribution in [0.15, 0.2) is 36.5 Å². The van der Waals surface area contributed by atoms with E-state index in [4.69, 9.17) is 21.1 Å². The van der Waals surface area contributed by atoms with Gasteiger partial charge in [-0.2, -0.15) is 5.10 Å². The van der Waals surface area contributed by atoms with Crippen molar-refractivity contribution in [1.82, 2.24) is 15.1 Å². The van der Waals surface area contributed by atoms with Crippen LogP contribution in [-0.4, -0.2) is 47.2 Å². The van der Waals surface area contributed by atoms with Crippen LogP contribution in [0.25, 0.3) is 10.9 Å². The van der Waals surface area contributed by atoms with Gasteiger partial charge >= 0.3 is 5.97 Å². The molecule has 148 valence electrons. The molecular formula is C21H18ClN3O4. The highest BCUT2D eigenvalue weighted by Gasteiger charge is 2.48. The molecule has 0 saturated carbocycles. The van der Waals surface area contributed by atoms with Gasteiger partial charge in [0.15, 0.2) is 0 Å². The van der Waals surface area contributed by atoms with Crippen molar-refractivity contribution < 1.29 is 19.1 Å². The molecule has 1 amide bonds. The fourth-order valence-electron chi connectivity index (χ4n) is 4.30. The van der Waals surface area contributed by atoms with Gasteiger partial charge < -0.3 is 14.4 Å². The van der Waals surface area contributed by atoms with E-state index in [1.807, 2.05) is 6.07 Å². The number of nitrogens with one attached hydrogen (secondary N) is 1. The fraction of sp³-hybridized carbons (Fsp3) is 0.286. The predicted molar refractivity (Wildman–Crippen MR) is 106 cm³/mol. The Balaban J connectivity index is 1.42. The Bertz CT molecular complexity index is 1150. The lowest BCUT2D eigenvalue weighted by Gasteiger charge is -2.38. The molecule has 1 aromatic heterocycles. The summed E-state index contributed by atoms with van der Waals surface area (Å²) in [5.74, 6) is 0.240. The minimum absolute atomic E-state index is 0.119. The van der Waals surface area contributed by atoms with Gasteiger partial charge in [0, 0.05) is 41.9 Å². The first-order valence-corrected chi connectivity index (χ1v) is 9.72. The van der Waals surface area contributed by atoms with E-state index in [9.17, 15) is 9.59 Å². The molecule has 1 fully saturated rings. The van der Waals surface area contributed by atoms with Crippen LogP contribution in [0.5, 0.6) is 5.75 Å². The van der Waals surface area contributed by atoms with E-state index in [1.165, 1.54) is 0 Å². The maximum atomic E-state index is 13.2. The number of rotatable bonds is 2. The molecule has 2 aliphatic heterocycles. The minimum Gasteiger partial charge on any atom is -0.497 e. The zero-order chi connectivity index (χ0) is 20.2. The van der Waals surface area contributed by atoms with Crippen molar-refractivity contribution in [2.24, 2.45) is 0 Å². The van der Waals surface area contributed by atoms with Gasteiger partial charge in [-0.3, -0.25) is 9.89 Å². The predicted octanol–water partition coefficient (Wildman–Crippen LogP) is 3.53. The number of piperidine rings is 1. The van der Waals surface area contributed by atoms with E-state index in [-0.39, 0.29) is 11.9 Å². The summed E-state index contributed by atoms with van der Waals surface area (Å²) in [4.78, 5) is 27.3. The molecule has 3 aromatic rings. The second-order valence-corrected chi connectivity index (χ2v) is 7.81. The number of halogens is 1. The van der Waals surface area contributed by atoms with E-state index in [2.05, 4.69) is 10.2 Å². The van der Waals surface area contributed by atoms with Gasteiger partial charge in [-0.25, -0.2) is 4.79 Å². The summed E-state index contributed by atoms with van der Waals surface area (Å²) in [6.45, 7) is 0.926. The number of aromatic amines is 1. The van der Waals surface area contributed by atoms with Crippen LogP contribution in [-0.2, 0) is 10.3 Å². The summed E-state index contributed by atoms with van der Waals surface area (Å²) in [6.07, 6.45) is 2.69. The molecule has 0 radical (unpaired) electrons. The normalized spacial score (nSPS) is 17.4. The quantitative estimate of drug-likeness (QED) is 0.652. The Labute approximate surface area is 171 Å². The Morgan fingerprint density at radius 1 is 1.28 bits per heavy atom. The number of ether oxygens (including phenoxy) is 2. The number of carbonyl (C=O) groups is 2. The molecule has 1 N–H and O–H groups in total. The third-order valence-corrected chi connectivity index (χ3v) is 6.05. The summed E-state index contributed by atoms with van der Waals surface area (Å²) >= 11 is 6.18. The van der Waals surface area contributed by atoms with Gasteiger partial charge in [-0.1, -0.05) is 11.6 Å². The van der Waals surface area contributed by atoms with Crippen molar-refractivity contribution in [3.05, 3.63) is 58.2 Å². The first-order valence-electron chi connectivity index (χ1n) is 9.34. The highest BCUT2D eigenvalue weighted by Crippen LogP contribution is 2.45. The Morgan fingerprint density at radius 3 is 2.83 bits per heavy atom. The summed E-state index contributed by atoms with van der Waals surface area (Å²) in [7, 11) is 1.59. The van der Waals surface area contributed by atoms with Gasteiger partial charge in [0.1, 0.15) is 11.4 Å². The molecule has 7 nitrogen and oxygen atoms in total. The van der Waals surface area contributed by atoms with Crippen molar-refractivity contribution >= 4 is 34.4 Å². The number of methoxy groups -OCH3 is 1. The number of aromatic nitrogens is 2. The highest BCUT2D eigenvalue weighted by molar-refractivity contribution is 6.32. The third kappa shape index (κ3) is 2.76. The number of hydrogen-bond acceptors (Lipinski definition) is 5. The molecular weight excluding hydrogens is 394 g/mol. The molecule has 29 heavy (non-hydrogen) atoms. The Kier molecular flexibility index (Phi) is 4.03. The Morgan fingerprint density at radius 2 is 2.07 bits per heavy atom. The maximum Gasteiger partial charge on any atom is 0.339 e. The summed E-state index contributed by atoms with van der Waals surface area (Å²) in [6, 6.07) is 8.79. The van der Waals surface area contributed by atoms with Gasteiger partial charge in [0.05, 0.1) is 30.0 Å². The molecule has 3 heterocycles. The van der Waals surface area contributed by atoms with E-state index in [0.717, 1.165) is 10.9 Å². The monoisotopic (exact) mass is 411 g/mol. The van der Waals surface area contributed by atoms with Gasteiger partial charge in [-0.05, 0) is 30.3 Å². The van der Waals surface area contributed by atoms with Crippen molar-refractivity contribution in [3.8, 4) is 5.75 Å². The molecule has 0 atom stereocenters. The number of fused-ring (bicyclic) bond motifs is 3. The molecule has 2 aliphatic rings. The fourth-order valence-corrected chi connectivity index (χ4v) is 4.52. The van der Waals surface area contributed by atoms with Crippen LogP contribution in [0.4, 0.5) is 0 Å². The standard InChI is InChI=1S/C21H18ClN3O4/c1-28-14-2-3-15-17(10-14)21(29-20(15)27)4-6-25(7-5-21)19(26)16-9-13(22)8-12-11-23-24-18(12)16/h2-3,8-11H,4-7H2,1H3,(H,23,24). The lowest BCUT2D eigenvalue weighted by Crippen LogP contribution is -2.45. The van der Waals surface area contributed by atoms with E-state index < -0.39 is 5.60 Å². The average Bonchev–Trinajstić information content (AvgIpc) is 3.30. The first-order chi connectivity index (χ1) is 14.0. The van der Waals surface area contributed by atoms with Gasteiger partial charge in [0.2, 0.25) is 0 Å². The Hall–Kier alpha value is -3.06. The number of nitrogens with zero attached hydrogens (tertiary/aromatic N) is 2. The SMILES string of the molecule is COc1ccc2c(c1)C1(CCN(C(=O)c3cc(Cl)cc4cn[nH]c34)CC1)OC2=O. The molecule has 1 spiro atoms. The number of carbonyl (C=O) groups excluding carboxylic acids is 2. The van der Waals surface area contributed by atoms with E-state index in [1.54, 1.807) is 42.5 Å². The topological polar surface area (TPSA) is 84.5 Å². The largest absolute Gasteiger partial charge is 0.497 e. The maximum absolute atomic E-state index is 13.2. The van der Waals surface area contributed by atoms with Crippen LogP contribution >= 0.6 is 11.6 Å². The van der Waals surface area contributed by atoms with Crippen LogP contribution in [0, 0.1) is 0 Å². The van der Waals surface area contributed by atoms with Gasteiger partial charge in [-0.15, -0.1) is 0 Å². The zero-order valence-corrected chi connectivity index (χ0v) is 16.5. The number of benzene rings is 2. The summed E-state index contributed by atoms with van der Waals surface area (Å²) in [5, 5.41) is 8.17. The zero-order valence-electron chi connectivity index (χ0n) is 15.7. The molecule has 5 rings (SSSR count). The third-order valence-electron chi connectivity index (χ3n) is 5.83. The molecule has 2 aromatic carbocycles. The van der Waals surface area contributed by atoms with Crippen molar-refractivity contribution in [3.63, 3.8) is 0 Å². The smallest absolute Gasteiger partial charge is 0.339 e. The van der Waals surface area contributed by atoms with Crippen molar-refractivity contribution in [2.45, 2.75) is 18.4 Å². The average molecular weight is 412 g/mol. The van der Waals surface area contributed by atoms with Gasteiger partial charge in [0.25, 0.3) is 5.91 Å². The van der Waals surface area contributed by atoms with E-state index in [0.29, 0.717) is 53.3 Å². The van der Waals surface area contributed by atoms with Crippen LogP contribution < -0.4 is 4.74 Å². The summed E-state index contributed by atoms with van der Waals surface area (Å²) in [5.41, 5.74) is 1.86. The first kappa shape index (κ1) is 18.0. The second-order valence-electron chi connectivity index (χ2n) is 7.38. The molecule has 0 bridgehead atoms. The summed E-state index contributed by atoms with van der Waals surface area (Å²) < 4.78 is 11.1. The molecule has 0 unspecified atom stereocenters. The van der Waals surface area contributed by atoms with Crippen molar-refractivity contribution in [2.75, 3.05) is 20.2 Å². The lowest BCUT2D eigenvalue weighted by molar-refractivity contribution is -0.0390. The molecule has 1 saturated heterocycles. The second kappa shape index (κ2) is 6.49. The number of amides is 1. The minimum atomic E-state index is -0.713. The number of esters is 1. The van der Waals surface area contributed by atoms with Crippen molar-refractivity contribution in [1.29, 1.82) is 0 Å². The van der Waals surface area contributed by atoms with Crippen LogP contribution in [0.2, 0.25) is 5.02 Å². The van der Waals surface area contributed by atoms with E-state index >= 15 is 0 Å².